The topological polar surface area (TPSA) is 70.8 Å². The Hall–Kier alpha value is -2.30. The van der Waals surface area contributed by atoms with Crippen LogP contribution in [0.1, 0.15) is 16.8 Å². The number of furan rings is 1. The van der Waals surface area contributed by atoms with Crippen LogP contribution < -0.4 is 0 Å². The molecule has 5 heteroatoms. The second-order valence-corrected chi connectivity index (χ2v) is 4.72. The maximum Gasteiger partial charge on any atom is 0.308 e. The molecule has 1 amide bonds. The molecule has 2 heterocycles. The molecule has 19 heavy (non-hydrogen) atoms. The molecule has 0 spiro atoms. The predicted molar refractivity (Wildman–Crippen MR) is 67.9 cm³/mol. The fourth-order valence-corrected chi connectivity index (χ4v) is 2.46. The molecule has 1 aromatic heterocycles. The fourth-order valence-electron chi connectivity index (χ4n) is 2.46. The van der Waals surface area contributed by atoms with Crippen LogP contribution in [-0.2, 0) is 4.79 Å². The number of para-hydroxylation sites is 1. The van der Waals surface area contributed by atoms with Crippen LogP contribution in [0.15, 0.2) is 34.9 Å². The van der Waals surface area contributed by atoms with Crippen LogP contribution in [0.2, 0.25) is 0 Å². The van der Waals surface area contributed by atoms with Gasteiger partial charge in [0.05, 0.1) is 11.5 Å². The minimum atomic E-state index is -0.840. The number of likely N-dealkylation sites (tertiary alicyclic amines) is 1. The lowest BCUT2D eigenvalue weighted by Crippen LogP contribution is -2.29. The van der Waals surface area contributed by atoms with Gasteiger partial charge < -0.3 is 14.4 Å². The largest absolute Gasteiger partial charge is 0.481 e. The van der Waals surface area contributed by atoms with Crippen molar-refractivity contribution in [2.45, 2.75) is 6.42 Å². The van der Waals surface area contributed by atoms with Gasteiger partial charge >= 0.3 is 5.97 Å². The molecule has 1 aliphatic heterocycles. The highest BCUT2D eigenvalue weighted by Gasteiger charge is 2.32. The summed E-state index contributed by atoms with van der Waals surface area (Å²) in [6.07, 6.45) is 1.96. The molecule has 0 saturated carbocycles. The van der Waals surface area contributed by atoms with E-state index in [-0.39, 0.29) is 12.5 Å². The number of nitrogens with zero attached hydrogens (tertiary/aromatic N) is 1. The normalized spacial score (nSPS) is 18.9. The van der Waals surface area contributed by atoms with Gasteiger partial charge in [-0.25, -0.2) is 0 Å². The number of carboxylic acid groups (broad SMARTS) is 1. The quantitative estimate of drug-likeness (QED) is 0.895. The number of carbonyl (C=O) groups is 2. The molecular formula is C14H13NO4. The number of carboxylic acids is 1. The lowest BCUT2D eigenvalue weighted by atomic mass is 10.1. The van der Waals surface area contributed by atoms with E-state index in [0.717, 1.165) is 5.39 Å². The van der Waals surface area contributed by atoms with E-state index in [9.17, 15) is 9.59 Å². The van der Waals surface area contributed by atoms with E-state index < -0.39 is 11.9 Å². The van der Waals surface area contributed by atoms with Gasteiger partial charge in [0.2, 0.25) is 0 Å². The van der Waals surface area contributed by atoms with Gasteiger partial charge in [0.15, 0.2) is 0 Å². The minimum absolute atomic E-state index is 0.159. The number of amides is 1. The van der Waals surface area contributed by atoms with Crippen molar-refractivity contribution in [1.82, 2.24) is 4.90 Å². The molecular weight excluding hydrogens is 246 g/mol. The number of aliphatic carboxylic acids is 1. The van der Waals surface area contributed by atoms with Gasteiger partial charge in [0.1, 0.15) is 11.8 Å². The third kappa shape index (κ3) is 1.97. The molecule has 1 fully saturated rings. The number of hydrogen-bond acceptors (Lipinski definition) is 3. The van der Waals surface area contributed by atoms with Gasteiger partial charge in [0.25, 0.3) is 5.91 Å². The Morgan fingerprint density at radius 2 is 2.11 bits per heavy atom. The van der Waals surface area contributed by atoms with Gasteiger partial charge in [-0.2, -0.15) is 0 Å². The van der Waals surface area contributed by atoms with Gasteiger partial charge in [-0.3, -0.25) is 9.59 Å². The number of hydrogen-bond donors (Lipinski definition) is 1. The summed E-state index contributed by atoms with van der Waals surface area (Å²) in [5, 5.41) is 9.73. The van der Waals surface area contributed by atoms with E-state index in [0.29, 0.717) is 24.1 Å². The fraction of sp³-hybridized carbons (Fsp3) is 0.286. The number of fused-ring (bicyclic) bond motifs is 1. The van der Waals surface area contributed by atoms with Crippen molar-refractivity contribution in [3.63, 3.8) is 0 Å². The lowest BCUT2D eigenvalue weighted by molar-refractivity contribution is -0.141. The summed E-state index contributed by atoms with van der Waals surface area (Å²) < 4.78 is 5.34. The molecule has 0 radical (unpaired) electrons. The van der Waals surface area contributed by atoms with Crippen molar-refractivity contribution in [2.75, 3.05) is 13.1 Å². The molecule has 5 nitrogen and oxygen atoms in total. The number of carbonyl (C=O) groups excluding carboxylic acids is 1. The standard InChI is InChI=1S/C14H13NO4/c16-13(15-6-5-9(7-15)14(17)18)11-8-19-12-4-2-1-3-10(11)12/h1-4,8-9H,5-7H2,(H,17,18)/t9-/m0/s1. The average Bonchev–Trinajstić information content (AvgIpc) is 3.05. The van der Waals surface area contributed by atoms with Crippen LogP contribution >= 0.6 is 0 Å². The van der Waals surface area contributed by atoms with E-state index in [2.05, 4.69) is 0 Å². The molecule has 0 bridgehead atoms. The first-order valence-corrected chi connectivity index (χ1v) is 6.15. The van der Waals surface area contributed by atoms with Crippen LogP contribution in [0.3, 0.4) is 0 Å². The summed E-state index contributed by atoms with van der Waals surface area (Å²) in [7, 11) is 0. The maximum atomic E-state index is 12.4. The predicted octanol–water partition coefficient (Wildman–Crippen LogP) is 1.98. The average molecular weight is 259 g/mol. The summed E-state index contributed by atoms with van der Waals surface area (Å²) in [5.74, 6) is -1.46. The molecule has 1 saturated heterocycles. The smallest absolute Gasteiger partial charge is 0.308 e. The Labute approximate surface area is 109 Å². The summed E-state index contributed by atoms with van der Waals surface area (Å²) in [5.41, 5.74) is 1.17. The van der Waals surface area contributed by atoms with Crippen LogP contribution in [-0.4, -0.2) is 35.0 Å². The van der Waals surface area contributed by atoms with Crippen LogP contribution in [0.25, 0.3) is 11.0 Å². The van der Waals surface area contributed by atoms with E-state index in [1.54, 1.807) is 11.0 Å². The van der Waals surface area contributed by atoms with E-state index >= 15 is 0 Å². The van der Waals surface area contributed by atoms with Gasteiger partial charge in [-0.05, 0) is 12.5 Å². The second kappa shape index (κ2) is 4.42. The van der Waals surface area contributed by atoms with Crippen molar-refractivity contribution in [1.29, 1.82) is 0 Å². The highest BCUT2D eigenvalue weighted by Crippen LogP contribution is 2.25. The van der Waals surface area contributed by atoms with Gasteiger partial charge in [-0.1, -0.05) is 18.2 Å². The highest BCUT2D eigenvalue weighted by atomic mass is 16.4. The first-order valence-electron chi connectivity index (χ1n) is 6.15. The maximum absolute atomic E-state index is 12.4. The first-order chi connectivity index (χ1) is 9.16. The Kier molecular flexibility index (Phi) is 2.74. The zero-order valence-electron chi connectivity index (χ0n) is 10.2. The zero-order chi connectivity index (χ0) is 13.4. The molecule has 98 valence electrons. The highest BCUT2D eigenvalue weighted by molar-refractivity contribution is 6.06. The minimum Gasteiger partial charge on any atom is -0.481 e. The van der Waals surface area contributed by atoms with Crippen LogP contribution in [0.5, 0.6) is 0 Å². The summed E-state index contributed by atoms with van der Waals surface area (Å²) in [6, 6.07) is 7.32. The SMILES string of the molecule is O=C(O)[C@H]1CCN(C(=O)c2coc3ccccc23)C1. The Bertz CT molecular complexity index is 646. The Balaban J connectivity index is 1.87. The molecule has 1 aromatic carbocycles. The Morgan fingerprint density at radius 3 is 2.84 bits per heavy atom. The van der Waals surface area contributed by atoms with Gasteiger partial charge in [0, 0.05) is 18.5 Å². The van der Waals surface area contributed by atoms with Crippen molar-refractivity contribution in [3.05, 3.63) is 36.1 Å². The third-order valence-corrected chi connectivity index (χ3v) is 3.54. The van der Waals surface area contributed by atoms with E-state index in [1.807, 2.05) is 18.2 Å². The van der Waals surface area contributed by atoms with E-state index in [4.69, 9.17) is 9.52 Å². The van der Waals surface area contributed by atoms with Crippen LogP contribution in [0, 0.1) is 5.92 Å². The van der Waals surface area contributed by atoms with E-state index in [1.165, 1.54) is 6.26 Å². The van der Waals surface area contributed by atoms with Crippen molar-refractivity contribution in [3.8, 4) is 0 Å². The molecule has 0 unspecified atom stereocenters. The Morgan fingerprint density at radius 1 is 1.32 bits per heavy atom. The second-order valence-electron chi connectivity index (χ2n) is 4.72. The van der Waals surface area contributed by atoms with Crippen molar-refractivity contribution in [2.24, 2.45) is 5.92 Å². The molecule has 0 aliphatic carbocycles. The molecule has 1 aliphatic rings. The lowest BCUT2D eigenvalue weighted by Gasteiger charge is -2.14. The summed E-state index contributed by atoms with van der Waals surface area (Å²) >= 11 is 0. The first kappa shape index (κ1) is 11.8. The zero-order valence-corrected chi connectivity index (χ0v) is 10.2. The number of benzene rings is 1. The molecule has 1 atom stereocenters. The summed E-state index contributed by atoms with van der Waals surface area (Å²) in [4.78, 5) is 24.9. The van der Waals surface area contributed by atoms with Crippen molar-refractivity contribution >= 4 is 22.8 Å². The van der Waals surface area contributed by atoms with Gasteiger partial charge in [-0.15, -0.1) is 0 Å². The van der Waals surface area contributed by atoms with Crippen LogP contribution in [0.4, 0.5) is 0 Å². The molecule has 2 aromatic rings. The van der Waals surface area contributed by atoms with Crippen molar-refractivity contribution < 1.29 is 19.1 Å². The molecule has 3 rings (SSSR count). The number of rotatable bonds is 2. The summed E-state index contributed by atoms with van der Waals surface area (Å²) in [6.45, 7) is 0.753. The third-order valence-electron chi connectivity index (χ3n) is 3.54. The molecule has 1 N–H and O–H groups in total. The monoisotopic (exact) mass is 259 g/mol.